The Morgan fingerprint density at radius 2 is 2.00 bits per heavy atom. The Bertz CT molecular complexity index is 235. The van der Waals surface area contributed by atoms with Crippen LogP contribution in [-0.4, -0.2) is 47.2 Å². The lowest BCUT2D eigenvalue weighted by Crippen LogP contribution is -2.50. The molecule has 4 heteroatoms. The maximum Gasteiger partial charge on any atom is 0.309 e. The molecule has 1 saturated heterocycles. The quantitative estimate of drug-likeness (QED) is 0.677. The van der Waals surface area contributed by atoms with Gasteiger partial charge < -0.3 is 10.4 Å². The summed E-state index contributed by atoms with van der Waals surface area (Å²) in [6.07, 6.45) is 0. The molecule has 0 amide bonds. The zero-order valence-electron chi connectivity index (χ0n) is 10.1. The topological polar surface area (TPSA) is 52.6 Å². The van der Waals surface area contributed by atoms with E-state index in [2.05, 4.69) is 37.9 Å². The molecule has 1 fully saturated rings. The van der Waals surface area contributed by atoms with Gasteiger partial charge in [0.05, 0.1) is 5.92 Å². The largest absolute Gasteiger partial charge is 0.481 e. The molecule has 2 unspecified atom stereocenters. The second-order valence-electron chi connectivity index (χ2n) is 5.37. The number of aliphatic carboxylic acids is 1. The van der Waals surface area contributed by atoms with E-state index in [1.165, 1.54) is 0 Å². The van der Waals surface area contributed by atoms with Gasteiger partial charge in [-0.2, -0.15) is 0 Å². The van der Waals surface area contributed by atoms with Gasteiger partial charge in [0.1, 0.15) is 0 Å². The van der Waals surface area contributed by atoms with Gasteiger partial charge in [0.2, 0.25) is 0 Å². The molecule has 15 heavy (non-hydrogen) atoms. The SMILES string of the molecule is CC1CNCC(C(=O)O)CN1C(C)(C)C. The summed E-state index contributed by atoms with van der Waals surface area (Å²) >= 11 is 0. The van der Waals surface area contributed by atoms with Crippen LogP contribution in [0.15, 0.2) is 0 Å². The van der Waals surface area contributed by atoms with Crippen molar-refractivity contribution in [3.8, 4) is 0 Å². The fraction of sp³-hybridized carbons (Fsp3) is 0.909. The Hall–Kier alpha value is -0.610. The van der Waals surface area contributed by atoms with Crippen LogP contribution in [0.5, 0.6) is 0 Å². The lowest BCUT2D eigenvalue weighted by molar-refractivity contribution is -0.142. The Balaban J connectivity index is 2.78. The summed E-state index contributed by atoms with van der Waals surface area (Å²) in [6.45, 7) is 10.6. The van der Waals surface area contributed by atoms with Crippen molar-refractivity contribution in [1.29, 1.82) is 0 Å². The molecule has 4 nitrogen and oxygen atoms in total. The first kappa shape index (κ1) is 12.5. The van der Waals surface area contributed by atoms with Crippen molar-refractivity contribution in [2.75, 3.05) is 19.6 Å². The highest BCUT2D eigenvalue weighted by Gasteiger charge is 2.33. The summed E-state index contributed by atoms with van der Waals surface area (Å²) < 4.78 is 0. The van der Waals surface area contributed by atoms with Crippen molar-refractivity contribution in [3.63, 3.8) is 0 Å². The number of carboxylic acids is 1. The van der Waals surface area contributed by atoms with E-state index in [1.807, 2.05) is 0 Å². The summed E-state index contributed by atoms with van der Waals surface area (Å²) in [5, 5.41) is 12.3. The zero-order chi connectivity index (χ0) is 11.6. The molecule has 0 spiro atoms. The number of carbonyl (C=O) groups is 1. The van der Waals surface area contributed by atoms with E-state index in [9.17, 15) is 4.79 Å². The maximum absolute atomic E-state index is 11.0. The molecule has 1 rings (SSSR count). The highest BCUT2D eigenvalue weighted by atomic mass is 16.4. The van der Waals surface area contributed by atoms with E-state index >= 15 is 0 Å². The van der Waals surface area contributed by atoms with Gasteiger partial charge in [-0.3, -0.25) is 9.69 Å². The first-order chi connectivity index (χ1) is 6.82. The molecule has 0 bridgehead atoms. The fourth-order valence-corrected chi connectivity index (χ4v) is 2.16. The number of carboxylic acid groups (broad SMARTS) is 1. The number of hydrogen-bond donors (Lipinski definition) is 2. The van der Waals surface area contributed by atoms with Gasteiger partial charge in [-0.05, 0) is 27.7 Å². The Labute approximate surface area is 91.6 Å². The van der Waals surface area contributed by atoms with E-state index in [-0.39, 0.29) is 11.5 Å². The highest BCUT2D eigenvalue weighted by molar-refractivity contribution is 5.70. The molecular weight excluding hydrogens is 192 g/mol. The molecule has 1 heterocycles. The summed E-state index contributed by atoms with van der Waals surface area (Å²) in [4.78, 5) is 13.3. The third kappa shape index (κ3) is 3.18. The van der Waals surface area contributed by atoms with E-state index in [0.29, 0.717) is 19.1 Å². The Morgan fingerprint density at radius 1 is 1.40 bits per heavy atom. The van der Waals surface area contributed by atoms with Crippen LogP contribution in [0.25, 0.3) is 0 Å². The third-order valence-corrected chi connectivity index (χ3v) is 2.99. The van der Waals surface area contributed by atoms with Crippen molar-refractivity contribution < 1.29 is 9.90 Å². The molecule has 0 aromatic rings. The van der Waals surface area contributed by atoms with Crippen LogP contribution in [0.4, 0.5) is 0 Å². The predicted molar refractivity (Wildman–Crippen MR) is 59.9 cm³/mol. The van der Waals surface area contributed by atoms with Gasteiger partial charge in [0.25, 0.3) is 0 Å². The minimum atomic E-state index is -0.703. The molecule has 0 saturated carbocycles. The van der Waals surface area contributed by atoms with Gasteiger partial charge in [0.15, 0.2) is 0 Å². The number of nitrogens with zero attached hydrogens (tertiary/aromatic N) is 1. The first-order valence-corrected chi connectivity index (χ1v) is 5.52. The summed E-state index contributed by atoms with van der Waals surface area (Å²) in [5.74, 6) is -1.000. The van der Waals surface area contributed by atoms with Crippen LogP contribution in [0.1, 0.15) is 27.7 Å². The summed E-state index contributed by atoms with van der Waals surface area (Å²) in [5.41, 5.74) is 0.0269. The van der Waals surface area contributed by atoms with Gasteiger partial charge in [0, 0.05) is 31.2 Å². The standard InChI is InChI=1S/C11H22N2O2/c1-8-5-12-6-9(10(14)15)7-13(8)11(2,3)4/h8-9,12H,5-7H2,1-4H3,(H,14,15). The molecule has 2 N–H and O–H groups in total. The van der Waals surface area contributed by atoms with Gasteiger partial charge in [-0.25, -0.2) is 0 Å². The maximum atomic E-state index is 11.0. The van der Waals surface area contributed by atoms with Crippen LogP contribution in [0.3, 0.4) is 0 Å². The summed E-state index contributed by atoms with van der Waals surface area (Å²) in [7, 11) is 0. The molecule has 1 aliphatic heterocycles. The molecule has 0 aromatic carbocycles. The molecule has 2 atom stereocenters. The molecular formula is C11H22N2O2. The minimum absolute atomic E-state index is 0.0269. The summed E-state index contributed by atoms with van der Waals surface area (Å²) in [6, 6.07) is 0.384. The van der Waals surface area contributed by atoms with E-state index in [1.54, 1.807) is 0 Å². The predicted octanol–water partition coefficient (Wildman–Crippen LogP) is 0.779. The molecule has 1 aliphatic rings. The Morgan fingerprint density at radius 3 is 2.47 bits per heavy atom. The average Bonchev–Trinajstić information content (AvgIpc) is 2.25. The van der Waals surface area contributed by atoms with Crippen molar-refractivity contribution in [1.82, 2.24) is 10.2 Å². The molecule has 0 radical (unpaired) electrons. The average molecular weight is 214 g/mol. The van der Waals surface area contributed by atoms with E-state index < -0.39 is 5.97 Å². The third-order valence-electron chi connectivity index (χ3n) is 2.99. The second kappa shape index (κ2) is 4.49. The van der Waals surface area contributed by atoms with Gasteiger partial charge in [-0.15, -0.1) is 0 Å². The van der Waals surface area contributed by atoms with Crippen LogP contribution >= 0.6 is 0 Å². The molecule has 0 aliphatic carbocycles. The van der Waals surface area contributed by atoms with Crippen molar-refractivity contribution in [3.05, 3.63) is 0 Å². The van der Waals surface area contributed by atoms with E-state index in [0.717, 1.165) is 6.54 Å². The van der Waals surface area contributed by atoms with Crippen LogP contribution in [0, 0.1) is 5.92 Å². The first-order valence-electron chi connectivity index (χ1n) is 5.52. The van der Waals surface area contributed by atoms with Crippen molar-refractivity contribution in [2.45, 2.75) is 39.3 Å². The fourth-order valence-electron chi connectivity index (χ4n) is 2.16. The van der Waals surface area contributed by atoms with E-state index in [4.69, 9.17) is 5.11 Å². The highest BCUT2D eigenvalue weighted by Crippen LogP contribution is 2.20. The second-order valence-corrected chi connectivity index (χ2v) is 5.37. The minimum Gasteiger partial charge on any atom is -0.481 e. The monoisotopic (exact) mass is 214 g/mol. The lowest BCUT2D eigenvalue weighted by atomic mass is 10.0. The van der Waals surface area contributed by atoms with Crippen LogP contribution in [0.2, 0.25) is 0 Å². The van der Waals surface area contributed by atoms with Crippen molar-refractivity contribution in [2.24, 2.45) is 5.92 Å². The normalized spacial score (nSPS) is 29.9. The number of nitrogens with one attached hydrogen (secondary N) is 1. The van der Waals surface area contributed by atoms with Gasteiger partial charge in [-0.1, -0.05) is 0 Å². The Kier molecular flexibility index (Phi) is 3.73. The smallest absolute Gasteiger partial charge is 0.309 e. The van der Waals surface area contributed by atoms with Crippen LogP contribution < -0.4 is 5.32 Å². The van der Waals surface area contributed by atoms with Crippen molar-refractivity contribution >= 4 is 5.97 Å². The zero-order valence-corrected chi connectivity index (χ0v) is 10.1. The molecule has 0 aromatic heterocycles. The van der Waals surface area contributed by atoms with Gasteiger partial charge >= 0.3 is 5.97 Å². The van der Waals surface area contributed by atoms with Crippen LogP contribution in [-0.2, 0) is 4.79 Å². The lowest BCUT2D eigenvalue weighted by Gasteiger charge is -2.39. The number of hydrogen-bond acceptors (Lipinski definition) is 3. The molecule has 88 valence electrons. The number of rotatable bonds is 1.